The molecular formula is C22H38O5. The van der Waals surface area contributed by atoms with Crippen molar-refractivity contribution in [3.63, 3.8) is 0 Å². The maximum absolute atomic E-state index is 10.9. The summed E-state index contributed by atoms with van der Waals surface area (Å²) in [5, 5.41) is 29.9. The lowest BCUT2D eigenvalue weighted by Gasteiger charge is -2.55. The Morgan fingerprint density at radius 2 is 1.96 bits per heavy atom. The lowest BCUT2D eigenvalue weighted by Crippen LogP contribution is -2.49. The summed E-state index contributed by atoms with van der Waals surface area (Å²) in [6, 6.07) is 0. The van der Waals surface area contributed by atoms with Crippen LogP contribution in [0.2, 0.25) is 0 Å². The summed E-state index contributed by atoms with van der Waals surface area (Å²) in [6.07, 6.45) is 8.83. The van der Waals surface area contributed by atoms with E-state index in [1.165, 1.54) is 12.5 Å². The normalized spacial score (nSPS) is 31.0. The van der Waals surface area contributed by atoms with E-state index in [1.54, 1.807) is 0 Å². The summed E-state index contributed by atoms with van der Waals surface area (Å²) in [5.74, 6) is 0.873. The van der Waals surface area contributed by atoms with Gasteiger partial charge in [0, 0.05) is 18.9 Å². The Morgan fingerprint density at radius 1 is 1.26 bits per heavy atom. The van der Waals surface area contributed by atoms with Crippen molar-refractivity contribution in [2.75, 3.05) is 26.4 Å². The van der Waals surface area contributed by atoms with Crippen molar-refractivity contribution in [1.82, 2.24) is 0 Å². The van der Waals surface area contributed by atoms with Crippen molar-refractivity contribution in [3.05, 3.63) is 11.6 Å². The number of allylic oxidation sites excluding steroid dienone is 1. The molecule has 4 atom stereocenters. The van der Waals surface area contributed by atoms with Gasteiger partial charge in [-0.05, 0) is 61.7 Å². The second-order valence-corrected chi connectivity index (χ2v) is 9.06. The average molecular weight is 383 g/mol. The molecule has 0 amide bonds. The quantitative estimate of drug-likeness (QED) is 0.421. The number of esters is 1. The molecule has 2 rings (SSSR count). The third kappa shape index (κ3) is 4.75. The van der Waals surface area contributed by atoms with E-state index in [4.69, 9.17) is 4.74 Å². The molecule has 0 aromatic heterocycles. The molecule has 3 N–H and O–H groups in total. The summed E-state index contributed by atoms with van der Waals surface area (Å²) in [7, 11) is 0. The van der Waals surface area contributed by atoms with E-state index < -0.39 is 5.41 Å². The molecule has 2 aliphatic rings. The minimum absolute atomic E-state index is 0.00271. The number of fused-ring (bicyclic) bond motifs is 1. The van der Waals surface area contributed by atoms with E-state index in [0.717, 1.165) is 38.5 Å². The molecule has 0 aliphatic heterocycles. The van der Waals surface area contributed by atoms with Gasteiger partial charge in [-0.25, -0.2) is 0 Å². The van der Waals surface area contributed by atoms with Crippen LogP contribution in [0.15, 0.2) is 11.6 Å². The Labute approximate surface area is 163 Å². The van der Waals surface area contributed by atoms with E-state index >= 15 is 0 Å². The first kappa shape index (κ1) is 22.4. The highest BCUT2D eigenvalue weighted by Crippen LogP contribution is 2.59. The van der Waals surface area contributed by atoms with Crippen LogP contribution in [0.4, 0.5) is 0 Å². The number of hydrogen-bond donors (Lipinski definition) is 3. The first-order valence-corrected chi connectivity index (χ1v) is 10.5. The predicted octanol–water partition coefficient (Wildman–Crippen LogP) is 3.07. The Bertz CT molecular complexity index is 525. The van der Waals surface area contributed by atoms with E-state index in [2.05, 4.69) is 19.9 Å². The summed E-state index contributed by atoms with van der Waals surface area (Å²) in [5.41, 5.74) is 0.781. The molecular weight excluding hydrogens is 344 g/mol. The third-order valence-corrected chi connectivity index (χ3v) is 7.32. The molecule has 0 aromatic rings. The molecule has 0 radical (unpaired) electrons. The average Bonchev–Trinajstić information content (AvgIpc) is 2.64. The second kappa shape index (κ2) is 9.53. The van der Waals surface area contributed by atoms with Crippen LogP contribution in [0, 0.1) is 28.6 Å². The fourth-order valence-corrected chi connectivity index (χ4v) is 5.69. The van der Waals surface area contributed by atoms with Gasteiger partial charge in [0.2, 0.25) is 0 Å². The molecule has 0 saturated heterocycles. The number of rotatable bonds is 9. The predicted molar refractivity (Wildman–Crippen MR) is 105 cm³/mol. The van der Waals surface area contributed by atoms with Crippen LogP contribution in [0.5, 0.6) is 0 Å². The molecule has 2 aliphatic carbocycles. The van der Waals surface area contributed by atoms with Gasteiger partial charge in [-0.2, -0.15) is 0 Å². The highest BCUT2D eigenvalue weighted by Gasteiger charge is 2.52. The van der Waals surface area contributed by atoms with Gasteiger partial charge in [-0.15, -0.1) is 0 Å². The zero-order valence-corrected chi connectivity index (χ0v) is 17.2. The fraction of sp³-hybridized carbons (Fsp3) is 0.864. The number of hydrogen-bond acceptors (Lipinski definition) is 5. The van der Waals surface area contributed by atoms with Crippen molar-refractivity contribution in [3.8, 4) is 0 Å². The molecule has 1 saturated carbocycles. The SMILES string of the molecule is CC(=O)OCCC(CO)CCC1[C@@H](C)CC=C2C(CO)(CO)CCC[C@@]21C. The second-order valence-electron chi connectivity index (χ2n) is 9.06. The molecule has 27 heavy (non-hydrogen) atoms. The summed E-state index contributed by atoms with van der Waals surface area (Å²) in [6.45, 7) is 6.50. The Hall–Kier alpha value is -0.910. The highest BCUT2D eigenvalue weighted by molar-refractivity contribution is 5.65. The van der Waals surface area contributed by atoms with Gasteiger partial charge in [0.15, 0.2) is 0 Å². The maximum atomic E-state index is 10.9. The van der Waals surface area contributed by atoms with Crippen LogP contribution in [0.3, 0.4) is 0 Å². The minimum Gasteiger partial charge on any atom is -0.466 e. The Kier molecular flexibility index (Phi) is 7.90. The van der Waals surface area contributed by atoms with Gasteiger partial charge in [-0.3, -0.25) is 4.79 Å². The van der Waals surface area contributed by atoms with Crippen LogP contribution in [0.1, 0.15) is 65.7 Å². The van der Waals surface area contributed by atoms with Crippen molar-refractivity contribution in [1.29, 1.82) is 0 Å². The number of aliphatic hydroxyl groups is 3. The van der Waals surface area contributed by atoms with E-state index in [9.17, 15) is 20.1 Å². The van der Waals surface area contributed by atoms with Crippen LogP contribution in [-0.2, 0) is 9.53 Å². The van der Waals surface area contributed by atoms with Gasteiger partial charge >= 0.3 is 5.97 Å². The minimum atomic E-state index is -0.475. The van der Waals surface area contributed by atoms with E-state index in [1.807, 2.05) is 0 Å². The van der Waals surface area contributed by atoms with Crippen LogP contribution in [0.25, 0.3) is 0 Å². The highest BCUT2D eigenvalue weighted by atomic mass is 16.5. The number of aliphatic hydroxyl groups excluding tert-OH is 3. The van der Waals surface area contributed by atoms with Gasteiger partial charge in [0.1, 0.15) is 0 Å². The molecule has 0 spiro atoms. The van der Waals surface area contributed by atoms with Crippen molar-refractivity contribution >= 4 is 5.97 Å². The standard InChI is InChI=1S/C22H38O5/c1-16-5-8-20-21(3,10-4-11-22(20,14-24)15-25)19(16)7-6-18(13-23)9-12-27-17(2)26/h8,16,18-19,23-25H,4-7,9-15H2,1-3H3/t16-,18?,19?,21+/m0/s1. The monoisotopic (exact) mass is 382 g/mol. The summed E-state index contributed by atoms with van der Waals surface area (Å²) >= 11 is 0. The fourth-order valence-electron chi connectivity index (χ4n) is 5.69. The number of ether oxygens (including phenoxy) is 1. The molecule has 1 fully saturated rings. The molecule has 0 aromatic carbocycles. The third-order valence-electron chi connectivity index (χ3n) is 7.32. The van der Waals surface area contributed by atoms with Crippen LogP contribution in [-0.4, -0.2) is 47.7 Å². The van der Waals surface area contributed by atoms with E-state index in [-0.39, 0.29) is 37.1 Å². The molecule has 156 valence electrons. The topological polar surface area (TPSA) is 87.0 Å². The first-order valence-electron chi connectivity index (χ1n) is 10.5. The van der Waals surface area contributed by atoms with Gasteiger partial charge in [0.05, 0.1) is 19.8 Å². The molecule has 5 nitrogen and oxygen atoms in total. The molecule has 2 unspecified atom stereocenters. The lowest BCUT2D eigenvalue weighted by molar-refractivity contribution is -0.141. The van der Waals surface area contributed by atoms with Gasteiger partial charge in [-0.1, -0.05) is 31.9 Å². The maximum Gasteiger partial charge on any atom is 0.302 e. The molecule has 5 heteroatoms. The van der Waals surface area contributed by atoms with Crippen molar-refractivity contribution in [2.24, 2.45) is 28.6 Å². The zero-order valence-electron chi connectivity index (χ0n) is 17.2. The smallest absolute Gasteiger partial charge is 0.302 e. The van der Waals surface area contributed by atoms with E-state index in [0.29, 0.717) is 24.9 Å². The Balaban J connectivity index is 2.09. The first-order chi connectivity index (χ1) is 12.8. The lowest BCUT2D eigenvalue weighted by atomic mass is 9.50. The Morgan fingerprint density at radius 3 is 2.56 bits per heavy atom. The molecule has 0 heterocycles. The largest absolute Gasteiger partial charge is 0.466 e. The van der Waals surface area contributed by atoms with Crippen molar-refractivity contribution in [2.45, 2.75) is 65.7 Å². The number of carbonyl (C=O) groups is 1. The van der Waals surface area contributed by atoms with Gasteiger partial charge < -0.3 is 20.1 Å². The van der Waals surface area contributed by atoms with Crippen LogP contribution >= 0.6 is 0 Å². The van der Waals surface area contributed by atoms with Crippen molar-refractivity contribution < 1.29 is 24.9 Å². The summed E-state index contributed by atoms with van der Waals surface area (Å²) < 4.78 is 5.03. The number of carbonyl (C=O) groups excluding carboxylic acids is 1. The zero-order chi connectivity index (χ0) is 20.1. The summed E-state index contributed by atoms with van der Waals surface area (Å²) in [4.78, 5) is 10.9. The molecule has 0 bridgehead atoms. The van der Waals surface area contributed by atoms with Crippen LogP contribution < -0.4 is 0 Å². The van der Waals surface area contributed by atoms with Gasteiger partial charge in [0.25, 0.3) is 0 Å².